The Morgan fingerprint density at radius 1 is 1.25 bits per heavy atom. The van der Waals surface area contributed by atoms with Crippen LogP contribution < -0.4 is 4.72 Å². The predicted octanol–water partition coefficient (Wildman–Crippen LogP) is 3.97. The number of anilines is 1. The second-order valence-corrected chi connectivity index (χ2v) is 8.06. The molecule has 0 aliphatic heterocycles. The van der Waals surface area contributed by atoms with Crippen LogP contribution in [0.4, 0.5) is 10.8 Å². The van der Waals surface area contributed by atoms with Crippen molar-refractivity contribution in [3.05, 3.63) is 57.1 Å². The number of nitro benzene ring substituents is 1. The largest absolute Gasteiger partial charge is 0.270 e. The molecule has 0 fully saturated rings. The topological polar surface area (TPSA) is 102 Å². The first kappa shape index (κ1) is 16.6. The van der Waals surface area contributed by atoms with Gasteiger partial charge in [0.25, 0.3) is 15.7 Å². The molecular formula is C14H10ClN3O4S2. The van der Waals surface area contributed by atoms with Crippen molar-refractivity contribution in [1.82, 2.24) is 4.98 Å². The Kier molecular flexibility index (Phi) is 4.16. The normalized spacial score (nSPS) is 11.6. The molecule has 0 unspecified atom stereocenters. The van der Waals surface area contributed by atoms with Crippen molar-refractivity contribution in [3.8, 4) is 0 Å². The highest BCUT2D eigenvalue weighted by Crippen LogP contribution is 2.31. The van der Waals surface area contributed by atoms with Gasteiger partial charge in [-0.15, -0.1) is 0 Å². The maximum absolute atomic E-state index is 12.5. The van der Waals surface area contributed by atoms with Crippen molar-refractivity contribution in [2.45, 2.75) is 11.8 Å². The highest BCUT2D eigenvalue weighted by Gasteiger charge is 2.23. The summed E-state index contributed by atoms with van der Waals surface area (Å²) in [6.45, 7) is 1.92. The monoisotopic (exact) mass is 383 g/mol. The summed E-state index contributed by atoms with van der Waals surface area (Å²) < 4.78 is 28.1. The standard InChI is InChI=1S/C14H10ClN3O4S2/c1-8-2-5-11-12(6-8)23-14(16-11)17-24(21,22)13-7-9(18(19)20)3-4-10(13)15/h2-7H,1H3,(H,16,17). The minimum atomic E-state index is -4.10. The van der Waals surface area contributed by atoms with Crippen LogP contribution in [0, 0.1) is 17.0 Å². The maximum atomic E-state index is 12.5. The van der Waals surface area contributed by atoms with Crippen molar-refractivity contribution in [1.29, 1.82) is 0 Å². The minimum Gasteiger partial charge on any atom is -0.258 e. The smallest absolute Gasteiger partial charge is 0.258 e. The van der Waals surface area contributed by atoms with Gasteiger partial charge < -0.3 is 0 Å². The van der Waals surface area contributed by atoms with Crippen LogP contribution in [-0.2, 0) is 10.0 Å². The minimum absolute atomic E-state index is 0.106. The van der Waals surface area contributed by atoms with Crippen molar-refractivity contribution >= 4 is 54.0 Å². The third-order valence-corrected chi connectivity index (χ3v) is 6.06. The number of hydrogen-bond acceptors (Lipinski definition) is 6. The van der Waals surface area contributed by atoms with E-state index in [1.54, 1.807) is 6.07 Å². The van der Waals surface area contributed by atoms with E-state index in [1.165, 1.54) is 17.4 Å². The van der Waals surface area contributed by atoms with E-state index in [-0.39, 0.29) is 20.7 Å². The van der Waals surface area contributed by atoms with Crippen LogP contribution in [0.2, 0.25) is 5.02 Å². The van der Waals surface area contributed by atoms with E-state index in [9.17, 15) is 18.5 Å². The van der Waals surface area contributed by atoms with Gasteiger partial charge in [0.15, 0.2) is 5.13 Å². The van der Waals surface area contributed by atoms with Crippen LogP contribution in [0.5, 0.6) is 0 Å². The number of nitrogens with one attached hydrogen (secondary N) is 1. The Morgan fingerprint density at radius 2 is 2.00 bits per heavy atom. The van der Waals surface area contributed by atoms with Gasteiger partial charge in [0.05, 0.1) is 20.2 Å². The number of fused-ring (bicyclic) bond motifs is 1. The lowest BCUT2D eigenvalue weighted by molar-refractivity contribution is -0.385. The van der Waals surface area contributed by atoms with Gasteiger partial charge in [-0.1, -0.05) is 29.0 Å². The molecule has 0 spiro atoms. The van der Waals surface area contributed by atoms with Gasteiger partial charge in [-0.2, -0.15) is 0 Å². The van der Waals surface area contributed by atoms with Crippen molar-refractivity contribution < 1.29 is 13.3 Å². The molecule has 1 aromatic heterocycles. The molecule has 24 heavy (non-hydrogen) atoms. The Balaban J connectivity index is 2.01. The highest BCUT2D eigenvalue weighted by atomic mass is 35.5. The van der Waals surface area contributed by atoms with Crippen molar-refractivity contribution in [3.63, 3.8) is 0 Å². The zero-order valence-electron chi connectivity index (χ0n) is 12.2. The van der Waals surface area contributed by atoms with Gasteiger partial charge in [0.2, 0.25) is 0 Å². The number of aryl methyl sites for hydroxylation is 1. The van der Waals surface area contributed by atoms with Crippen LogP contribution in [-0.4, -0.2) is 18.3 Å². The summed E-state index contributed by atoms with van der Waals surface area (Å²) in [5.74, 6) is 0. The first-order chi connectivity index (χ1) is 11.3. The second kappa shape index (κ2) is 6.00. The number of benzene rings is 2. The number of aromatic nitrogens is 1. The lowest BCUT2D eigenvalue weighted by Gasteiger charge is -2.06. The van der Waals surface area contributed by atoms with Gasteiger partial charge in [0.1, 0.15) is 4.90 Å². The predicted molar refractivity (Wildman–Crippen MR) is 93.3 cm³/mol. The zero-order valence-corrected chi connectivity index (χ0v) is 14.6. The van der Waals surface area contributed by atoms with E-state index in [1.807, 2.05) is 19.1 Å². The van der Waals surface area contributed by atoms with E-state index in [0.29, 0.717) is 5.52 Å². The zero-order chi connectivity index (χ0) is 17.5. The third kappa shape index (κ3) is 3.18. The van der Waals surface area contributed by atoms with Crippen LogP contribution in [0.25, 0.3) is 10.2 Å². The molecule has 0 saturated heterocycles. The molecule has 1 heterocycles. The van der Waals surface area contributed by atoms with Crippen molar-refractivity contribution in [2.24, 2.45) is 0 Å². The summed E-state index contributed by atoms with van der Waals surface area (Å²) in [6, 6.07) is 8.79. The van der Waals surface area contributed by atoms with Crippen LogP contribution in [0.3, 0.4) is 0 Å². The number of halogens is 1. The molecule has 2 aromatic carbocycles. The van der Waals surface area contributed by atoms with Gasteiger partial charge in [-0.25, -0.2) is 13.4 Å². The molecule has 124 valence electrons. The van der Waals surface area contributed by atoms with Crippen LogP contribution >= 0.6 is 22.9 Å². The van der Waals surface area contributed by atoms with E-state index in [2.05, 4.69) is 9.71 Å². The summed E-state index contributed by atoms with van der Waals surface area (Å²) in [5.41, 5.74) is 1.33. The number of nitro groups is 1. The average Bonchev–Trinajstić information content (AvgIpc) is 2.87. The van der Waals surface area contributed by atoms with E-state index >= 15 is 0 Å². The number of non-ortho nitro benzene ring substituents is 1. The van der Waals surface area contributed by atoms with E-state index in [0.717, 1.165) is 22.4 Å². The third-order valence-electron chi connectivity index (χ3n) is 3.18. The molecule has 0 saturated carbocycles. The number of thiazole rings is 1. The maximum Gasteiger partial charge on any atom is 0.270 e. The summed E-state index contributed by atoms with van der Waals surface area (Å²) in [5, 5.41) is 10.9. The number of hydrogen-bond donors (Lipinski definition) is 1. The van der Waals surface area contributed by atoms with E-state index in [4.69, 9.17) is 11.6 Å². The number of sulfonamides is 1. The molecular weight excluding hydrogens is 374 g/mol. The molecule has 10 heteroatoms. The average molecular weight is 384 g/mol. The molecule has 0 atom stereocenters. The highest BCUT2D eigenvalue weighted by molar-refractivity contribution is 7.93. The molecule has 0 aliphatic carbocycles. The van der Waals surface area contributed by atoms with Gasteiger partial charge in [-0.3, -0.25) is 14.8 Å². The summed E-state index contributed by atoms with van der Waals surface area (Å²) in [7, 11) is -4.10. The number of nitrogens with zero attached hydrogens (tertiary/aromatic N) is 2. The molecule has 3 aromatic rings. The Morgan fingerprint density at radius 3 is 2.71 bits per heavy atom. The van der Waals surface area contributed by atoms with Crippen LogP contribution in [0.15, 0.2) is 41.3 Å². The Labute approximate surface area is 146 Å². The summed E-state index contributed by atoms with van der Waals surface area (Å²) >= 11 is 7.06. The molecule has 1 N–H and O–H groups in total. The summed E-state index contributed by atoms with van der Waals surface area (Å²) in [6.07, 6.45) is 0. The Hall–Kier alpha value is -2.23. The van der Waals surface area contributed by atoms with Crippen LogP contribution in [0.1, 0.15) is 5.56 Å². The molecule has 3 rings (SSSR count). The molecule has 0 bridgehead atoms. The lowest BCUT2D eigenvalue weighted by Crippen LogP contribution is -2.13. The fourth-order valence-corrected chi connectivity index (χ4v) is 4.78. The molecule has 0 amide bonds. The SMILES string of the molecule is Cc1ccc2nc(NS(=O)(=O)c3cc([N+](=O)[O-])ccc3Cl)sc2c1. The van der Waals surface area contributed by atoms with Gasteiger partial charge in [-0.05, 0) is 30.7 Å². The van der Waals surface area contributed by atoms with Gasteiger partial charge >= 0.3 is 0 Å². The Bertz CT molecular complexity index is 1060. The quantitative estimate of drug-likeness (QED) is 0.542. The van der Waals surface area contributed by atoms with Gasteiger partial charge in [0, 0.05) is 12.1 Å². The molecule has 0 aliphatic rings. The van der Waals surface area contributed by atoms with E-state index < -0.39 is 14.9 Å². The number of rotatable bonds is 4. The molecule has 7 nitrogen and oxygen atoms in total. The molecule has 0 radical (unpaired) electrons. The first-order valence-corrected chi connectivity index (χ1v) is 9.28. The second-order valence-electron chi connectivity index (χ2n) is 4.97. The summed E-state index contributed by atoms with van der Waals surface area (Å²) in [4.78, 5) is 14.0. The lowest BCUT2D eigenvalue weighted by atomic mass is 10.2. The fraction of sp³-hybridized carbons (Fsp3) is 0.0714. The first-order valence-electron chi connectivity index (χ1n) is 6.60. The fourth-order valence-electron chi connectivity index (χ4n) is 2.06. The van der Waals surface area contributed by atoms with Crippen molar-refractivity contribution in [2.75, 3.05) is 4.72 Å².